The summed E-state index contributed by atoms with van der Waals surface area (Å²) in [5.41, 5.74) is 0.546. The number of rotatable bonds is 7. The first-order valence-corrected chi connectivity index (χ1v) is 8.50. The highest BCUT2D eigenvalue weighted by Crippen LogP contribution is 2.29. The second kappa shape index (κ2) is 8.86. The predicted octanol–water partition coefficient (Wildman–Crippen LogP) is 3.29. The van der Waals surface area contributed by atoms with Gasteiger partial charge in [0.05, 0.1) is 23.9 Å². The summed E-state index contributed by atoms with van der Waals surface area (Å²) in [4.78, 5) is 34.4. The molecular formula is C17H17N3O5S. The maximum absolute atomic E-state index is 12.1. The maximum atomic E-state index is 12.1. The number of hydrogen-bond donors (Lipinski definition) is 2. The number of anilines is 2. The number of methoxy groups -OCH3 is 1. The first-order valence-electron chi connectivity index (χ1n) is 7.52. The number of carbonyl (C=O) groups excluding carboxylic acids is 2. The van der Waals surface area contributed by atoms with Crippen LogP contribution in [-0.2, 0) is 9.59 Å². The van der Waals surface area contributed by atoms with Gasteiger partial charge in [-0.2, -0.15) is 0 Å². The van der Waals surface area contributed by atoms with Gasteiger partial charge in [-0.3, -0.25) is 19.7 Å². The average molecular weight is 375 g/mol. The Bertz CT molecular complexity index is 824. The Morgan fingerprint density at radius 1 is 1.15 bits per heavy atom. The second-order valence-electron chi connectivity index (χ2n) is 5.18. The fourth-order valence-electron chi connectivity index (χ4n) is 2.07. The molecule has 0 unspecified atom stereocenters. The molecule has 2 N–H and O–H groups in total. The van der Waals surface area contributed by atoms with Crippen LogP contribution in [0.3, 0.4) is 0 Å². The zero-order valence-corrected chi connectivity index (χ0v) is 15.0. The van der Waals surface area contributed by atoms with E-state index in [1.807, 2.05) is 0 Å². The molecular weight excluding hydrogens is 358 g/mol. The zero-order chi connectivity index (χ0) is 19.1. The van der Waals surface area contributed by atoms with Crippen molar-refractivity contribution in [2.75, 3.05) is 23.5 Å². The highest BCUT2D eigenvalue weighted by Gasteiger charge is 2.17. The van der Waals surface area contributed by atoms with Crippen LogP contribution in [0.5, 0.6) is 5.75 Å². The van der Waals surface area contributed by atoms with E-state index in [9.17, 15) is 19.7 Å². The number of amides is 2. The number of ether oxygens (including phenoxy) is 1. The van der Waals surface area contributed by atoms with Crippen LogP contribution < -0.4 is 15.4 Å². The van der Waals surface area contributed by atoms with Crippen molar-refractivity contribution in [2.45, 2.75) is 11.8 Å². The second-order valence-corrected chi connectivity index (χ2v) is 6.23. The average Bonchev–Trinajstić information content (AvgIpc) is 2.61. The molecule has 0 spiro atoms. The summed E-state index contributed by atoms with van der Waals surface area (Å²) in [5, 5.41) is 16.3. The normalized spacial score (nSPS) is 10.1. The molecule has 26 heavy (non-hydrogen) atoms. The molecule has 0 heterocycles. The Labute approximate surface area is 154 Å². The molecule has 0 saturated carbocycles. The van der Waals surface area contributed by atoms with Gasteiger partial charge in [-0.15, -0.1) is 11.8 Å². The van der Waals surface area contributed by atoms with E-state index in [-0.39, 0.29) is 28.9 Å². The first kappa shape index (κ1) is 19.3. The molecule has 0 fully saturated rings. The van der Waals surface area contributed by atoms with Crippen molar-refractivity contribution in [2.24, 2.45) is 0 Å². The summed E-state index contributed by atoms with van der Waals surface area (Å²) in [7, 11) is 1.41. The van der Waals surface area contributed by atoms with Gasteiger partial charge >= 0.3 is 0 Å². The Morgan fingerprint density at radius 2 is 1.85 bits per heavy atom. The molecule has 0 saturated heterocycles. The summed E-state index contributed by atoms with van der Waals surface area (Å²) < 4.78 is 4.96. The lowest BCUT2D eigenvalue weighted by Crippen LogP contribution is -2.15. The van der Waals surface area contributed by atoms with Gasteiger partial charge in [0.2, 0.25) is 11.8 Å². The Hall–Kier alpha value is -3.07. The van der Waals surface area contributed by atoms with E-state index in [0.717, 1.165) is 4.90 Å². The third-order valence-corrected chi connectivity index (χ3v) is 4.23. The van der Waals surface area contributed by atoms with Crippen LogP contribution >= 0.6 is 11.8 Å². The van der Waals surface area contributed by atoms with E-state index in [1.165, 1.54) is 44.0 Å². The van der Waals surface area contributed by atoms with Crippen LogP contribution in [0.2, 0.25) is 0 Å². The SMILES string of the molecule is COc1ccc(NC(=O)CSc2ccc(NC(C)=O)cc2)c([N+](=O)[O-])c1. The Balaban J connectivity index is 1.97. The molecule has 2 amide bonds. The summed E-state index contributed by atoms with van der Waals surface area (Å²) in [5.74, 6) is -0.105. The van der Waals surface area contributed by atoms with E-state index in [4.69, 9.17) is 4.74 Å². The topological polar surface area (TPSA) is 111 Å². The van der Waals surface area contributed by atoms with Crippen molar-refractivity contribution < 1.29 is 19.2 Å². The molecule has 0 radical (unpaired) electrons. The number of benzene rings is 2. The van der Waals surface area contributed by atoms with Gasteiger partial charge < -0.3 is 15.4 Å². The molecule has 0 aliphatic carbocycles. The lowest BCUT2D eigenvalue weighted by molar-refractivity contribution is -0.384. The number of nitrogens with one attached hydrogen (secondary N) is 2. The minimum Gasteiger partial charge on any atom is -0.496 e. The van der Waals surface area contributed by atoms with E-state index < -0.39 is 4.92 Å². The molecule has 9 heteroatoms. The third kappa shape index (κ3) is 5.49. The first-order chi connectivity index (χ1) is 12.4. The number of thioether (sulfide) groups is 1. The van der Waals surface area contributed by atoms with E-state index in [1.54, 1.807) is 24.3 Å². The van der Waals surface area contributed by atoms with Crippen LogP contribution in [0.25, 0.3) is 0 Å². The fraction of sp³-hybridized carbons (Fsp3) is 0.176. The summed E-state index contributed by atoms with van der Waals surface area (Å²) in [6.45, 7) is 1.42. The molecule has 2 rings (SSSR count). The zero-order valence-electron chi connectivity index (χ0n) is 14.1. The Kier molecular flexibility index (Phi) is 6.56. The monoisotopic (exact) mass is 375 g/mol. The predicted molar refractivity (Wildman–Crippen MR) is 99.7 cm³/mol. The van der Waals surface area contributed by atoms with Gasteiger partial charge in [0.15, 0.2) is 0 Å². The van der Waals surface area contributed by atoms with Crippen LogP contribution in [-0.4, -0.2) is 29.6 Å². The molecule has 136 valence electrons. The molecule has 0 bridgehead atoms. The van der Waals surface area contributed by atoms with Crippen LogP contribution in [0.4, 0.5) is 17.1 Å². The van der Waals surface area contributed by atoms with E-state index >= 15 is 0 Å². The highest BCUT2D eigenvalue weighted by molar-refractivity contribution is 8.00. The van der Waals surface area contributed by atoms with E-state index in [0.29, 0.717) is 11.4 Å². The van der Waals surface area contributed by atoms with E-state index in [2.05, 4.69) is 10.6 Å². The van der Waals surface area contributed by atoms with Gasteiger partial charge in [0, 0.05) is 17.5 Å². The molecule has 8 nitrogen and oxygen atoms in total. The molecule has 2 aromatic carbocycles. The summed E-state index contributed by atoms with van der Waals surface area (Å²) >= 11 is 1.28. The fourth-order valence-corrected chi connectivity index (χ4v) is 2.77. The summed E-state index contributed by atoms with van der Waals surface area (Å²) in [6.07, 6.45) is 0. The highest BCUT2D eigenvalue weighted by atomic mass is 32.2. The molecule has 0 atom stereocenters. The number of carbonyl (C=O) groups is 2. The van der Waals surface area contributed by atoms with Crippen molar-refractivity contribution in [3.8, 4) is 5.75 Å². The number of nitro groups is 1. The van der Waals surface area contributed by atoms with Crippen molar-refractivity contribution in [1.29, 1.82) is 0 Å². The van der Waals surface area contributed by atoms with Crippen LogP contribution in [0.1, 0.15) is 6.92 Å². The third-order valence-electron chi connectivity index (χ3n) is 3.22. The molecule has 2 aromatic rings. The van der Waals surface area contributed by atoms with Gasteiger partial charge in [-0.25, -0.2) is 0 Å². The minimum absolute atomic E-state index is 0.0860. The van der Waals surface area contributed by atoms with Crippen LogP contribution in [0.15, 0.2) is 47.4 Å². The molecule has 0 aliphatic heterocycles. The van der Waals surface area contributed by atoms with Gasteiger partial charge in [0.1, 0.15) is 11.4 Å². The van der Waals surface area contributed by atoms with Crippen molar-refractivity contribution >= 4 is 40.6 Å². The van der Waals surface area contributed by atoms with Gasteiger partial charge in [0.25, 0.3) is 5.69 Å². The largest absolute Gasteiger partial charge is 0.496 e. The minimum atomic E-state index is -0.577. The van der Waals surface area contributed by atoms with Crippen molar-refractivity contribution in [1.82, 2.24) is 0 Å². The number of nitrogens with zero attached hydrogens (tertiary/aromatic N) is 1. The number of nitro benzene ring substituents is 1. The quantitative estimate of drug-likeness (QED) is 0.436. The summed E-state index contributed by atoms with van der Waals surface area (Å²) in [6, 6.07) is 11.2. The maximum Gasteiger partial charge on any atom is 0.296 e. The van der Waals surface area contributed by atoms with Crippen molar-refractivity contribution in [3.05, 3.63) is 52.6 Å². The smallest absolute Gasteiger partial charge is 0.296 e. The number of hydrogen-bond acceptors (Lipinski definition) is 6. The lowest BCUT2D eigenvalue weighted by atomic mass is 10.2. The standard InChI is InChI=1S/C17H17N3O5S/c1-11(21)18-12-3-6-14(7-4-12)26-10-17(22)19-15-8-5-13(25-2)9-16(15)20(23)24/h3-9H,10H2,1-2H3,(H,18,21)(H,19,22). The van der Waals surface area contributed by atoms with Crippen molar-refractivity contribution in [3.63, 3.8) is 0 Å². The Morgan fingerprint density at radius 3 is 2.42 bits per heavy atom. The lowest BCUT2D eigenvalue weighted by Gasteiger charge is -2.08. The molecule has 0 aromatic heterocycles. The van der Waals surface area contributed by atoms with Crippen LogP contribution in [0, 0.1) is 10.1 Å². The molecule has 0 aliphatic rings. The van der Waals surface area contributed by atoms with Gasteiger partial charge in [-0.05, 0) is 36.4 Å². The van der Waals surface area contributed by atoms with Gasteiger partial charge in [-0.1, -0.05) is 0 Å².